The van der Waals surface area contributed by atoms with Gasteiger partial charge in [0.15, 0.2) is 18.1 Å². The second kappa shape index (κ2) is 10.5. The zero-order chi connectivity index (χ0) is 22.2. The summed E-state index contributed by atoms with van der Waals surface area (Å²) >= 11 is 0. The highest BCUT2D eigenvalue weighted by atomic mass is 16.5. The normalized spacial score (nSPS) is 11.6. The molecule has 0 saturated heterocycles. The highest BCUT2D eigenvalue weighted by molar-refractivity contribution is 5.87. The molecule has 0 aliphatic carbocycles. The molecule has 1 atom stereocenters. The number of hydrogen-bond donors (Lipinski definition) is 1. The molecular weight excluding hydrogens is 394 g/mol. The maximum Gasteiger partial charge on any atom is 0.306 e. The third kappa shape index (κ3) is 5.75. The van der Waals surface area contributed by atoms with Crippen molar-refractivity contribution in [2.75, 3.05) is 20.8 Å². The Balaban J connectivity index is 1.48. The summed E-state index contributed by atoms with van der Waals surface area (Å²) in [5.74, 6) is 0.476. The molecule has 0 heterocycles. The number of carbonyl (C=O) groups is 2. The Hall–Kier alpha value is -3.54. The van der Waals surface area contributed by atoms with E-state index in [2.05, 4.69) is 5.32 Å². The summed E-state index contributed by atoms with van der Waals surface area (Å²) in [5, 5.41) is 5.10. The summed E-state index contributed by atoms with van der Waals surface area (Å²) in [6.45, 7) is 1.61. The molecule has 1 amide bonds. The topological polar surface area (TPSA) is 73.9 Å². The molecule has 3 aromatic rings. The lowest BCUT2D eigenvalue weighted by Gasteiger charge is -2.16. The number of aryl methyl sites for hydroxylation is 1. The number of amides is 1. The molecule has 31 heavy (non-hydrogen) atoms. The predicted molar refractivity (Wildman–Crippen MR) is 119 cm³/mol. The number of rotatable bonds is 9. The number of benzene rings is 3. The summed E-state index contributed by atoms with van der Waals surface area (Å²) in [6, 6.07) is 19.3. The van der Waals surface area contributed by atoms with Crippen LogP contribution in [0.2, 0.25) is 0 Å². The largest absolute Gasteiger partial charge is 0.493 e. The standard InChI is InChI=1S/C25H27NO5/c1-17(20-10-6-8-19-7-4-5-9-21(19)20)26-24(27)16-31-25(28)14-12-18-11-13-22(29-2)23(15-18)30-3/h4-11,13,15,17H,12,14,16H2,1-3H3,(H,26,27)/t17-/m1/s1. The van der Waals surface area contributed by atoms with Gasteiger partial charge in [0.25, 0.3) is 5.91 Å². The fourth-order valence-corrected chi connectivity index (χ4v) is 3.49. The van der Waals surface area contributed by atoms with Gasteiger partial charge in [0.2, 0.25) is 0 Å². The van der Waals surface area contributed by atoms with Gasteiger partial charge in [-0.25, -0.2) is 0 Å². The van der Waals surface area contributed by atoms with Crippen LogP contribution in [0.4, 0.5) is 0 Å². The minimum atomic E-state index is -0.428. The fraction of sp³-hybridized carbons (Fsp3) is 0.280. The maximum atomic E-state index is 12.3. The van der Waals surface area contributed by atoms with Crippen LogP contribution in [0, 0.1) is 0 Å². The van der Waals surface area contributed by atoms with Gasteiger partial charge in [-0.15, -0.1) is 0 Å². The van der Waals surface area contributed by atoms with Gasteiger partial charge in [-0.1, -0.05) is 48.5 Å². The molecule has 3 rings (SSSR count). The van der Waals surface area contributed by atoms with Crippen LogP contribution < -0.4 is 14.8 Å². The minimum Gasteiger partial charge on any atom is -0.493 e. The number of ether oxygens (including phenoxy) is 3. The average Bonchev–Trinajstić information content (AvgIpc) is 2.80. The number of methoxy groups -OCH3 is 2. The van der Waals surface area contributed by atoms with Crippen molar-refractivity contribution in [1.29, 1.82) is 0 Å². The Morgan fingerprint density at radius 1 is 0.935 bits per heavy atom. The third-order valence-electron chi connectivity index (χ3n) is 5.10. The van der Waals surface area contributed by atoms with E-state index in [0.29, 0.717) is 17.9 Å². The van der Waals surface area contributed by atoms with Crippen LogP contribution in [0.1, 0.15) is 30.5 Å². The van der Waals surface area contributed by atoms with E-state index in [-0.39, 0.29) is 25.0 Å². The highest BCUT2D eigenvalue weighted by Crippen LogP contribution is 2.28. The first kappa shape index (κ1) is 22.2. The molecule has 0 saturated carbocycles. The van der Waals surface area contributed by atoms with Gasteiger partial charge in [0.1, 0.15) is 0 Å². The van der Waals surface area contributed by atoms with Gasteiger partial charge in [-0.2, -0.15) is 0 Å². The zero-order valence-electron chi connectivity index (χ0n) is 18.0. The summed E-state index contributed by atoms with van der Waals surface area (Å²) < 4.78 is 15.6. The van der Waals surface area contributed by atoms with Crippen LogP contribution in [-0.2, 0) is 20.7 Å². The van der Waals surface area contributed by atoms with Crippen LogP contribution in [0.25, 0.3) is 10.8 Å². The lowest BCUT2D eigenvalue weighted by atomic mass is 10.00. The van der Waals surface area contributed by atoms with E-state index in [1.54, 1.807) is 20.3 Å². The van der Waals surface area contributed by atoms with E-state index in [4.69, 9.17) is 14.2 Å². The highest BCUT2D eigenvalue weighted by Gasteiger charge is 2.14. The number of nitrogens with one attached hydrogen (secondary N) is 1. The second-order valence-corrected chi connectivity index (χ2v) is 7.21. The first-order valence-electron chi connectivity index (χ1n) is 10.2. The van der Waals surface area contributed by atoms with Gasteiger partial charge in [-0.05, 0) is 47.4 Å². The number of hydrogen-bond acceptors (Lipinski definition) is 5. The molecule has 0 radical (unpaired) electrons. The van der Waals surface area contributed by atoms with E-state index in [0.717, 1.165) is 21.9 Å². The van der Waals surface area contributed by atoms with Gasteiger partial charge in [0, 0.05) is 6.42 Å². The lowest BCUT2D eigenvalue weighted by Crippen LogP contribution is -2.31. The Kier molecular flexibility index (Phi) is 7.49. The van der Waals surface area contributed by atoms with Gasteiger partial charge in [-0.3, -0.25) is 9.59 Å². The number of carbonyl (C=O) groups excluding carboxylic acids is 2. The van der Waals surface area contributed by atoms with E-state index in [1.807, 2.05) is 61.5 Å². The Morgan fingerprint density at radius 2 is 1.68 bits per heavy atom. The summed E-state index contributed by atoms with van der Waals surface area (Å²) in [4.78, 5) is 24.3. The van der Waals surface area contributed by atoms with Crippen molar-refractivity contribution in [2.45, 2.75) is 25.8 Å². The van der Waals surface area contributed by atoms with Gasteiger partial charge in [0.05, 0.1) is 20.3 Å². The third-order valence-corrected chi connectivity index (χ3v) is 5.10. The predicted octanol–water partition coefficient (Wildman–Crippen LogP) is 4.21. The molecule has 0 bridgehead atoms. The SMILES string of the molecule is COc1ccc(CCC(=O)OCC(=O)N[C@H](C)c2cccc3ccccc23)cc1OC. The first-order valence-corrected chi connectivity index (χ1v) is 10.2. The summed E-state index contributed by atoms with van der Waals surface area (Å²) in [7, 11) is 3.13. The first-order chi connectivity index (χ1) is 15.0. The minimum absolute atomic E-state index is 0.168. The van der Waals surface area contributed by atoms with Crippen LogP contribution in [0.3, 0.4) is 0 Å². The molecule has 0 spiro atoms. The van der Waals surface area contributed by atoms with Crippen molar-refractivity contribution < 1.29 is 23.8 Å². The second-order valence-electron chi connectivity index (χ2n) is 7.21. The molecule has 0 aliphatic rings. The van der Waals surface area contributed by atoms with Crippen LogP contribution in [0.5, 0.6) is 11.5 Å². The summed E-state index contributed by atoms with van der Waals surface area (Å²) in [5.41, 5.74) is 1.94. The van der Waals surface area contributed by atoms with E-state index < -0.39 is 5.97 Å². The monoisotopic (exact) mass is 421 g/mol. The van der Waals surface area contributed by atoms with Crippen LogP contribution >= 0.6 is 0 Å². The summed E-state index contributed by atoms with van der Waals surface area (Å²) in [6.07, 6.45) is 0.648. The Bertz CT molecular complexity index is 1060. The van der Waals surface area contributed by atoms with Crippen molar-refractivity contribution in [1.82, 2.24) is 5.32 Å². The molecule has 3 aromatic carbocycles. The molecule has 0 aliphatic heterocycles. The van der Waals surface area contributed by atoms with E-state index >= 15 is 0 Å². The molecular formula is C25H27NO5. The van der Waals surface area contributed by atoms with Crippen molar-refractivity contribution in [3.63, 3.8) is 0 Å². The van der Waals surface area contributed by atoms with E-state index in [1.165, 1.54) is 0 Å². The Morgan fingerprint density at radius 3 is 2.45 bits per heavy atom. The van der Waals surface area contributed by atoms with Gasteiger partial charge >= 0.3 is 5.97 Å². The molecule has 162 valence electrons. The molecule has 6 nitrogen and oxygen atoms in total. The lowest BCUT2D eigenvalue weighted by molar-refractivity contribution is -0.148. The quantitative estimate of drug-likeness (QED) is 0.524. The molecule has 0 fully saturated rings. The van der Waals surface area contributed by atoms with Crippen LogP contribution in [-0.4, -0.2) is 32.7 Å². The van der Waals surface area contributed by atoms with Crippen molar-refractivity contribution in [2.24, 2.45) is 0 Å². The van der Waals surface area contributed by atoms with Gasteiger partial charge < -0.3 is 19.5 Å². The molecule has 6 heteroatoms. The van der Waals surface area contributed by atoms with Crippen LogP contribution in [0.15, 0.2) is 60.7 Å². The molecule has 0 aromatic heterocycles. The van der Waals surface area contributed by atoms with E-state index in [9.17, 15) is 9.59 Å². The number of fused-ring (bicyclic) bond motifs is 1. The fourth-order valence-electron chi connectivity index (χ4n) is 3.49. The smallest absolute Gasteiger partial charge is 0.306 e. The molecule has 0 unspecified atom stereocenters. The number of esters is 1. The molecule has 1 N–H and O–H groups in total. The zero-order valence-corrected chi connectivity index (χ0v) is 18.0. The van der Waals surface area contributed by atoms with Crippen molar-refractivity contribution in [3.8, 4) is 11.5 Å². The van der Waals surface area contributed by atoms with Crippen molar-refractivity contribution in [3.05, 3.63) is 71.8 Å². The average molecular weight is 421 g/mol. The Labute approximate surface area is 182 Å². The maximum absolute atomic E-state index is 12.3. The van der Waals surface area contributed by atoms with Crippen molar-refractivity contribution >= 4 is 22.6 Å².